The fraction of sp³-hybridized carbons (Fsp3) is 0.545. The lowest BCUT2D eigenvalue weighted by Gasteiger charge is -2.12. The van der Waals surface area contributed by atoms with Crippen LogP contribution in [0.1, 0.15) is 41.6 Å². The summed E-state index contributed by atoms with van der Waals surface area (Å²) in [5, 5.41) is 15.2. The Hall–Kier alpha value is -1.03. The first kappa shape index (κ1) is 10.5. The molecule has 0 saturated heterocycles. The van der Waals surface area contributed by atoms with E-state index in [1.807, 2.05) is 12.3 Å². The Morgan fingerprint density at radius 2 is 2.20 bits per heavy atom. The van der Waals surface area contributed by atoms with Crippen molar-refractivity contribution >= 4 is 22.3 Å². The number of aryl methyl sites for hydroxylation is 1. The maximum absolute atomic E-state index is 11.0. The van der Waals surface area contributed by atoms with Gasteiger partial charge in [-0.05, 0) is 30.7 Å². The van der Waals surface area contributed by atoms with E-state index >= 15 is 0 Å². The number of carbonyl (C=O) groups is 1. The molecule has 3 nitrogen and oxygen atoms in total. The van der Waals surface area contributed by atoms with Crippen molar-refractivity contribution in [3.8, 4) is 0 Å². The number of aromatic carboxylic acids is 1. The first-order valence-corrected chi connectivity index (χ1v) is 6.14. The van der Waals surface area contributed by atoms with E-state index in [1.165, 1.54) is 24.2 Å². The van der Waals surface area contributed by atoms with E-state index in [2.05, 4.69) is 5.32 Å². The van der Waals surface area contributed by atoms with Crippen LogP contribution in [0, 0.1) is 6.92 Å². The molecular weight excluding hydrogens is 210 g/mol. The molecule has 4 heteroatoms. The quantitative estimate of drug-likeness (QED) is 0.831. The monoisotopic (exact) mass is 225 g/mol. The molecule has 0 unspecified atom stereocenters. The van der Waals surface area contributed by atoms with Gasteiger partial charge in [0.1, 0.15) is 5.00 Å². The van der Waals surface area contributed by atoms with Crippen molar-refractivity contribution in [1.29, 1.82) is 0 Å². The summed E-state index contributed by atoms with van der Waals surface area (Å²) in [4.78, 5) is 11.0. The van der Waals surface area contributed by atoms with Gasteiger partial charge >= 0.3 is 5.97 Å². The average Bonchev–Trinajstić information content (AvgIpc) is 2.76. The standard InChI is InChI=1S/C11H15NO2S/c1-7-6-15-10(9(7)11(13)14)12-8-4-2-3-5-8/h6,8,12H,2-5H2,1H3,(H,13,14). The summed E-state index contributed by atoms with van der Waals surface area (Å²) in [6.45, 7) is 1.85. The zero-order chi connectivity index (χ0) is 10.8. The first-order valence-electron chi connectivity index (χ1n) is 5.26. The van der Waals surface area contributed by atoms with Crippen LogP contribution in [0.4, 0.5) is 5.00 Å². The number of rotatable bonds is 3. The third kappa shape index (κ3) is 2.15. The van der Waals surface area contributed by atoms with E-state index in [4.69, 9.17) is 5.11 Å². The molecular formula is C11H15NO2S. The van der Waals surface area contributed by atoms with Crippen molar-refractivity contribution in [2.45, 2.75) is 38.6 Å². The Kier molecular flexibility index (Phi) is 2.95. The molecule has 1 saturated carbocycles. The van der Waals surface area contributed by atoms with Crippen LogP contribution in [0.15, 0.2) is 5.38 Å². The van der Waals surface area contributed by atoms with Gasteiger partial charge in [0.25, 0.3) is 0 Å². The van der Waals surface area contributed by atoms with Gasteiger partial charge in [-0.3, -0.25) is 0 Å². The van der Waals surface area contributed by atoms with Gasteiger partial charge in [0.05, 0.1) is 5.56 Å². The van der Waals surface area contributed by atoms with Gasteiger partial charge in [-0.25, -0.2) is 4.79 Å². The van der Waals surface area contributed by atoms with E-state index in [9.17, 15) is 4.79 Å². The van der Waals surface area contributed by atoms with Crippen LogP contribution in [0.2, 0.25) is 0 Å². The fourth-order valence-electron chi connectivity index (χ4n) is 2.07. The molecule has 0 bridgehead atoms. The second-order valence-electron chi connectivity index (χ2n) is 4.05. The smallest absolute Gasteiger partial charge is 0.338 e. The summed E-state index contributed by atoms with van der Waals surface area (Å²) in [6, 6.07) is 0.473. The molecule has 2 rings (SSSR count). The Morgan fingerprint density at radius 1 is 1.53 bits per heavy atom. The lowest BCUT2D eigenvalue weighted by molar-refractivity contribution is 0.0697. The topological polar surface area (TPSA) is 49.3 Å². The summed E-state index contributed by atoms with van der Waals surface area (Å²) in [5.41, 5.74) is 1.31. The maximum Gasteiger partial charge on any atom is 0.338 e. The van der Waals surface area contributed by atoms with Crippen molar-refractivity contribution in [3.05, 3.63) is 16.5 Å². The van der Waals surface area contributed by atoms with Crippen LogP contribution in [0.5, 0.6) is 0 Å². The predicted octanol–water partition coefficient (Wildman–Crippen LogP) is 3.11. The number of thiophene rings is 1. The fourth-order valence-corrected chi connectivity index (χ4v) is 3.09. The van der Waals surface area contributed by atoms with Gasteiger partial charge in [-0.15, -0.1) is 11.3 Å². The van der Waals surface area contributed by atoms with Gasteiger partial charge in [0.15, 0.2) is 0 Å². The van der Waals surface area contributed by atoms with Crippen LogP contribution in [0.3, 0.4) is 0 Å². The number of hydrogen-bond acceptors (Lipinski definition) is 3. The zero-order valence-electron chi connectivity index (χ0n) is 8.75. The molecule has 0 radical (unpaired) electrons. The van der Waals surface area contributed by atoms with E-state index in [0.717, 1.165) is 23.4 Å². The van der Waals surface area contributed by atoms with E-state index in [1.54, 1.807) is 0 Å². The minimum absolute atomic E-state index is 0.451. The zero-order valence-corrected chi connectivity index (χ0v) is 9.56. The van der Waals surface area contributed by atoms with Gasteiger partial charge in [0.2, 0.25) is 0 Å². The second kappa shape index (κ2) is 4.23. The number of carboxylic acids is 1. The van der Waals surface area contributed by atoms with Crippen molar-refractivity contribution in [2.75, 3.05) is 5.32 Å². The molecule has 82 valence electrons. The molecule has 1 aromatic rings. The molecule has 0 aromatic carbocycles. The maximum atomic E-state index is 11.0. The van der Waals surface area contributed by atoms with Gasteiger partial charge in [0, 0.05) is 6.04 Å². The highest BCUT2D eigenvalue weighted by Crippen LogP contribution is 2.31. The van der Waals surface area contributed by atoms with Crippen molar-refractivity contribution in [1.82, 2.24) is 0 Å². The summed E-state index contributed by atoms with van der Waals surface area (Å²) in [7, 11) is 0. The Bertz CT molecular complexity index is 367. The molecule has 0 aliphatic heterocycles. The third-order valence-electron chi connectivity index (χ3n) is 2.88. The van der Waals surface area contributed by atoms with E-state index in [-0.39, 0.29) is 0 Å². The highest BCUT2D eigenvalue weighted by Gasteiger charge is 2.20. The van der Waals surface area contributed by atoms with Gasteiger partial charge < -0.3 is 10.4 Å². The number of carboxylic acid groups (broad SMARTS) is 1. The van der Waals surface area contributed by atoms with Crippen LogP contribution in [0.25, 0.3) is 0 Å². The third-order valence-corrected chi connectivity index (χ3v) is 3.91. The Morgan fingerprint density at radius 3 is 2.80 bits per heavy atom. The van der Waals surface area contributed by atoms with Crippen molar-refractivity contribution in [2.24, 2.45) is 0 Å². The molecule has 0 spiro atoms. The van der Waals surface area contributed by atoms with Crippen LogP contribution < -0.4 is 5.32 Å². The highest BCUT2D eigenvalue weighted by atomic mass is 32.1. The lowest BCUT2D eigenvalue weighted by Crippen LogP contribution is -2.15. The molecule has 1 aliphatic carbocycles. The number of anilines is 1. The molecule has 0 amide bonds. The molecule has 1 fully saturated rings. The minimum atomic E-state index is -0.825. The summed E-state index contributed by atoms with van der Waals surface area (Å²) >= 11 is 1.50. The van der Waals surface area contributed by atoms with Crippen molar-refractivity contribution in [3.63, 3.8) is 0 Å². The van der Waals surface area contributed by atoms with Crippen molar-refractivity contribution < 1.29 is 9.90 Å². The largest absolute Gasteiger partial charge is 0.478 e. The summed E-state index contributed by atoms with van der Waals surface area (Å²) < 4.78 is 0. The summed E-state index contributed by atoms with van der Waals surface area (Å²) in [6.07, 6.45) is 4.83. The van der Waals surface area contributed by atoms with E-state index in [0.29, 0.717) is 11.6 Å². The SMILES string of the molecule is Cc1csc(NC2CCCC2)c1C(=O)O. The second-order valence-corrected chi connectivity index (χ2v) is 4.93. The predicted molar refractivity (Wildman–Crippen MR) is 61.9 cm³/mol. The number of nitrogens with one attached hydrogen (secondary N) is 1. The molecule has 1 aromatic heterocycles. The Balaban J connectivity index is 2.16. The number of hydrogen-bond donors (Lipinski definition) is 2. The molecule has 1 heterocycles. The summed E-state index contributed by atoms with van der Waals surface area (Å²) in [5.74, 6) is -0.825. The minimum Gasteiger partial charge on any atom is -0.478 e. The van der Waals surface area contributed by atoms with E-state index < -0.39 is 5.97 Å². The van der Waals surface area contributed by atoms with Gasteiger partial charge in [-0.2, -0.15) is 0 Å². The van der Waals surface area contributed by atoms with Crippen LogP contribution in [-0.2, 0) is 0 Å². The molecule has 1 aliphatic rings. The van der Waals surface area contributed by atoms with Crippen LogP contribution >= 0.6 is 11.3 Å². The molecule has 15 heavy (non-hydrogen) atoms. The first-order chi connectivity index (χ1) is 7.18. The molecule has 2 N–H and O–H groups in total. The van der Waals surface area contributed by atoms with Gasteiger partial charge in [-0.1, -0.05) is 12.8 Å². The normalized spacial score (nSPS) is 16.9. The Labute approximate surface area is 93.1 Å². The average molecular weight is 225 g/mol. The van der Waals surface area contributed by atoms with Crippen LogP contribution in [-0.4, -0.2) is 17.1 Å². The lowest BCUT2D eigenvalue weighted by atomic mass is 10.2. The highest BCUT2D eigenvalue weighted by molar-refractivity contribution is 7.14. The molecule has 0 atom stereocenters.